The van der Waals surface area contributed by atoms with Gasteiger partial charge in [0.05, 0.1) is 5.69 Å². The highest BCUT2D eigenvalue weighted by atomic mass is 16.3. The molecule has 1 heterocycles. The van der Waals surface area contributed by atoms with Crippen LogP contribution in [0.15, 0.2) is 204 Å². The molecule has 0 fully saturated rings. The van der Waals surface area contributed by atoms with Crippen molar-refractivity contribution in [2.24, 2.45) is 0 Å². The average Bonchev–Trinajstić information content (AvgIpc) is 3.89. The van der Waals surface area contributed by atoms with E-state index < -0.39 is 0 Å². The third-order valence-electron chi connectivity index (χ3n) is 14.7. The van der Waals surface area contributed by atoms with Crippen LogP contribution in [0.2, 0.25) is 0 Å². The first-order chi connectivity index (χ1) is 30.6. The molecule has 304 valence electrons. The molecule has 2 nitrogen and oxygen atoms in total. The van der Waals surface area contributed by atoms with Gasteiger partial charge in [0.2, 0.25) is 0 Å². The fraction of sp³-hybridized carbons (Fsp3) is 0.148. The summed E-state index contributed by atoms with van der Waals surface area (Å²) in [7, 11) is 0. The van der Waals surface area contributed by atoms with Crippen molar-refractivity contribution in [2.45, 2.75) is 57.3 Å². The second-order valence-corrected chi connectivity index (χ2v) is 19.1. The van der Waals surface area contributed by atoms with Gasteiger partial charge in [-0.2, -0.15) is 0 Å². The Morgan fingerprint density at radius 1 is 0.476 bits per heavy atom. The number of fused-ring (bicyclic) bond motifs is 9. The topological polar surface area (TPSA) is 16.4 Å². The predicted molar refractivity (Wildman–Crippen MR) is 264 cm³/mol. The summed E-state index contributed by atoms with van der Waals surface area (Å²) in [4.78, 5) is 2.53. The molecule has 0 radical (unpaired) electrons. The number of nitrogens with zero attached hydrogens (tertiary/aromatic N) is 1. The lowest BCUT2D eigenvalue weighted by Gasteiger charge is -2.36. The van der Waals surface area contributed by atoms with Gasteiger partial charge in [-0.1, -0.05) is 180 Å². The zero-order valence-electron chi connectivity index (χ0n) is 36.5. The standard InChI is InChI=1S/C61H49NO/c1-59(2)52-25-14-12-21-46(52)49-37-54-50(38-53(49)59)51-35-41(39-27-29-40(30-28-39)45-23-16-24-48-47-22-13-15-26-56(47)63-58(45)48)36-55(57(51)60(54,3)4)62(43-19-10-7-11-20-43)44-31-33-61(5,34-32-44)42-17-8-6-9-18-42/h6-33,35-38H,34H2,1-5H3. The lowest BCUT2D eigenvalue weighted by molar-refractivity contribution is 0.595. The van der Waals surface area contributed by atoms with E-state index in [0.717, 1.165) is 45.2 Å². The van der Waals surface area contributed by atoms with Crippen molar-refractivity contribution in [3.63, 3.8) is 0 Å². The van der Waals surface area contributed by atoms with Crippen molar-refractivity contribution in [1.82, 2.24) is 0 Å². The van der Waals surface area contributed by atoms with E-state index in [1.165, 1.54) is 72.6 Å². The fourth-order valence-electron chi connectivity index (χ4n) is 11.2. The number of anilines is 2. The summed E-state index contributed by atoms with van der Waals surface area (Å²) in [6, 6.07) is 64.8. The van der Waals surface area contributed by atoms with Gasteiger partial charge in [0.15, 0.2) is 0 Å². The number of hydrogen-bond donors (Lipinski definition) is 0. The van der Waals surface area contributed by atoms with Gasteiger partial charge in [0.25, 0.3) is 0 Å². The molecule has 3 aliphatic rings. The molecule has 0 bridgehead atoms. The average molecular weight is 812 g/mol. The molecule has 0 N–H and O–H groups in total. The molecule has 0 spiro atoms. The largest absolute Gasteiger partial charge is 0.455 e. The van der Waals surface area contributed by atoms with Gasteiger partial charge in [-0.25, -0.2) is 0 Å². The van der Waals surface area contributed by atoms with Crippen LogP contribution in [-0.4, -0.2) is 0 Å². The van der Waals surface area contributed by atoms with E-state index in [1.54, 1.807) is 0 Å². The predicted octanol–water partition coefficient (Wildman–Crippen LogP) is 16.5. The van der Waals surface area contributed by atoms with Crippen molar-refractivity contribution in [3.05, 3.63) is 228 Å². The summed E-state index contributed by atoms with van der Waals surface area (Å²) < 4.78 is 6.49. The van der Waals surface area contributed by atoms with Gasteiger partial charge in [0, 0.05) is 44.0 Å². The second-order valence-electron chi connectivity index (χ2n) is 19.1. The molecule has 0 amide bonds. The lowest BCUT2D eigenvalue weighted by atomic mass is 9.76. The summed E-state index contributed by atoms with van der Waals surface area (Å²) in [5, 5.41) is 2.29. The quantitative estimate of drug-likeness (QED) is 0.166. The molecule has 9 aromatic rings. The Morgan fingerprint density at radius 2 is 1.11 bits per heavy atom. The molecule has 1 aromatic heterocycles. The molecule has 0 aliphatic heterocycles. The number of benzene rings is 8. The first-order valence-corrected chi connectivity index (χ1v) is 22.4. The van der Waals surface area contributed by atoms with E-state index in [4.69, 9.17) is 4.42 Å². The normalized spacial score (nSPS) is 17.6. The first-order valence-electron chi connectivity index (χ1n) is 22.4. The Labute approximate surface area is 370 Å². The van der Waals surface area contributed by atoms with E-state index in [-0.39, 0.29) is 16.2 Å². The van der Waals surface area contributed by atoms with Crippen molar-refractivity contribution in [1.29, 1.82) is 0 Å². The number of furan rings is 1. The van der Waals surface area contributed by atoms with Crippen molar-refractivity contribution >= 4 is 33.3 Å². The van der Waals surface area contributed by atoms with Crippen LogP contribution in [0.25, 0.3) is 66.4 Å². The Kier molecular flexibility index (Phi) is 8.16. The SMILES string of the molecule is CC1(c2ccccc2)C=CC(N(c2ccccc2)c2cc(-c3ccc(-c4cccc5c4oc4ccccc45)cc3)cc3c2C(C)(C)c2cc4c(cc2-3)C(C)(C)c2ccccc2-4)=CC1. The van der Waals surface area contributed by atoms with E-state index in [0.29, 0.717) is 0 Å². The fourth-order valence-corrected chi connectivity index (χ4v) is 11.2. The monoisotopic (exact) mass is 811 g/mol. The molecular formula is C61H49NO. The van der Waals surface area contributed by atoms with E-state index in [2.05, 4.69) is 228 Å². The highest BCUT2D eigenvalue weighted by Gasteiger charge is 2.44. The van der Waals surface area contributed by atoms with E-state index in [9.17, 15) is 0 Å². The van der Waals surface area contributed by atoms with Crippen molar-refractivity contribution < 1.29 is 4.42 Å². The van der Waals surface area contributed by atoms with Crippen LogP contribution >= 0.6 is 0 Å². The Bertz CT molecular complexity index is 3360. The van der Waals surface area contributed by atoms with Gasteiger partial charge in [0.1, 0.15) is 11.2 Å². The maximum atomic E-state index is 6.49. The van der Waals surface area contributed by atoms with Crippen LogP contribution in [0.1, 0.15) is 68.9 Å². The highest BCUT2D eigenvalue weighted by Crippen LogP contribution is 2.59. The molecule has 1 atom stereocenters. The van der Waals surface area contributed by atoms with Crippen LogP contribution in [0.3, 0.4) is 0 Å². The molecule has 0 saturated carbocycles. The van der Waals surface area contributed by atoms with Crippen LogP contribution in [0.5, 0.6) is 0 Å². The van der Waals surface area contributed by atoms with Crippen molar-refractivity contribution in [3.8, 4) is 44.5 Å². The van der Waals surface area contributed by atoms with Gasteiger partial charge in [-0.15, -0.1) is 0 Å². The number of allylic oxidation sites excluding steroid dienone is 3. The summed E-state index contributed by atoms with van der Waals surface area (Å²) in [5.41, 5.74) is 21.8. The van der Waals surface area contributed by atoms with Crippen LogP contribution in [-0.2, 0) is 16.2 Å². The molecule has 12 rings (SSSR count). The van der Waals surface area contributed by atoms with Crippen LogP contribution in [0.4, 0.5) is 11.4 Å². The molecule has 0 saturated heterocycles. The lowest BCUT2D eigenvalue weighted by Crippen LogP contribution is -2.26. The van der Waals surface area contributed by atoms with Gasteiger partial charge in [-0.3, -0.25) is 0 Å². The van der Waals surface area contributed by atoms with Crippen LogP contribution in [0, 0.1) is 0 Å². The van der Waals surface area contributed by atoms with Gasteiger partial charge < -0.3 is 9.32 Å². The third kappa shape index (κ3) is 5.64. The molecule has 1 unspecified atom stereocenters. The minimum Gasteiger partial charge on any atom is -0.455 e. The molecule has 8 aromatic carbocycles. The second kappa shape index (κ2) is 13.7. The zero-order valence-corrected chi connectivity index (χ0v) is 36.5. The maximum absolute atomic E-state index is 6.49. The van der Waals surface area contributed by atoms with Crippen molar-refractivity contribution in [2.75, 3.05) is 4.90 Å². The third-order valence-corrected chi connectivity index (χ3v) is 14.7. The molecule has 3 aliphatic carbocycles. The minimum absolute atomic E-state index is 0.0927. The molecule has 63 heavy (non-hydrogen) atoms. The number of rotatable bonds is 6. The maximum Gasteiger partial charge on any atom is 0.143 e. The Hall–Kier alpha value is -7.16. The van der Waals surface area contributed by atoms with Gasteiger partial charge in [-0.05, 0) is 122 Å². The number of para-hydroxylation sites is 3. The molecule has 2 heteroatoms. The zero-order chi connectivity index (χ0) is 42.7. The summed E-state index contributed by atoms with van der Waals surface area (Å²) in [5.74, 6) is 0. The molecular weight excluding hydrogens is 763 g/mol. The summed E-state index contributed by atoms with van der Waals surface area (Å²) in [6.07, 6.45) is 8.13. The minimum atomic E-state index is -0.283. The Balaban J connectivity index is 1.06. The Morgan fingerprint density at radius 3 is 1.87 bits per heavy atom. The smallest absolute Gasteiger partial charge is 0.143 e. The summed E-state index contributed by atoms with van der Waals surface area (Å²) in [6.45, 7) is 12.0. The van der Waals surface area contributed by atoms with E-state index in [1.807, 2.05) is 6.07 Å². The number of hydrogen-bond acceptors (Lipinski definition) is 2. The van der Waals surface area contributed by atoms with E-state index >= 15 is 0 Å². The van der Waals surface area contributed by atoms with Crippen LogP contribution < -0.4 is 4.90 Å². The highest BCUT2D eigenvalue weighted by molar-refractivity contribution is 6.09. The first kappa shape index (κ1) is 37.6. The van der Waals surface area contributed by atoms with Gasteiger partial charge >= 0.3 is 0 Å². The summed E-state index contributed by atoms with van der Waals surface area (Å²) >= 11 is 0.